The van der Waals surface area contributed by atoms with Gasteiger partial charge in [-0.2, -0.15) is 0 Å². The minimum Gasteiger partial charge on any atom is -0.323 e. The first-order valence-corrected chi connectivity index (χ1v) is 6.55. The molecule has 0 saturated heterocycles. The van der Waals surface area contributed by atoms with Crippen LogP contribution in [0.25, 0.3) is 10.9 Å². The van der Waals surface area contributed by atoms with Crippen LogP contribution in [0.3, 0.4) is 0 Å². The van der Waals surface area contributed by atoms with Crippen LogP contribution >= 0.6 is 22.6 Å². The second-order valence-corrected chi connectivity index (χ2v) is 5.36. The minimum absolute atomic E-state index is 0.252. The number of benzene rings is 1. The number of nitrogens with two attached hydrogens (primary N) is 1. The number of hydrazine groups is 1. The fourth-order valence-electron chi connectivity index (χ4n) is 2.45. The number of hydrogen-bond acceptors (Lipinski definition) is 3. The molecular weight excluding hydrogens is 332 g/mol. The maximum absolute atomic E-state index is 13.5. The summed E-state index contributed by atoms with van der Waals surface area (Å²) in [6.45, 7) is 0. The van der Waals surface area contributed by atoms with Gasteiger partial charge in [0.15, 0.2) is 0 Å². The van der Waals surface area contributed by atoms with Crippen molar-refractivity contribution >= 4 is 39.2 Å². The molecule has 3 rings (SSSR count). The molecule has 2 aromatic rings. The summed E-state index contributed by atoms with van der Waals surface area (Å²) >= 11 is 2.11. The highest BCUT2D eigenvalue weighted by Gasteiger charge is 2.20. The van der Waals surface area contributed by atoms with Crippen LogP contribution in [0.15, 0.2) is 12.1 Å². The van der Waals surface area contributed by atoms with E-state index in [2.05, 4.69) is 33.0 Å². The molecule has 17 heavy (non-hydrogen) atoms. The van der Waals surface area contributed by atoms with Gasteiger partial charge in [-0.3, -0.25) is 10.8 Å². The standard InChI is InChI=1S/C12H11FIN3/c13-6-4-8-11(17-15)7-2-1-3-10(7)16-12(8)9(14)5-6/h4-5H,1-3,15H2,(H,16,17). The van der Waals surface area contributed by atoms with E-state index in [1.54, 1.807) is 0 Å². The van der Waals surface area contributed by atoms with Gasteiger partial charge in [-0.05, 0) is 59.5 Å². The van der Waals surface area contributed by atoms with Gasteiger partial charge in [-0.1, -0.05) is 0 Å². The van der Waals surface area contributed by atoms with E-state index >= 15 is 0 Å². The highest BCUT2D eigenvalue weighted by Crippen LogP contribution is 2.35. The number of aromatic nitrogens is 1. The molecule has 3 N–H and O–H groups in total. The third-order valence-corrected chi connectivity index (χ3v) is 4.00. The summed E-state index contributed by atoms with van der Waals surface area (Å²) < 4.78 is 14.3. The van der Waals surface area contributed by atoms with Gasteiger partial charge in [-0.25, -0.2) is 4.39 Å². The van der Waals surface area contributed by atoms with Gasteiger partial charge >= 0.3 is 0 Å². The topological polar surface area (TPSA) is 50.9 Å². The van der Waals surface area contributed by atoms with Gasteiger partial charge in [0.2, 0.25) is 0 Å². The van der Waals surface area contributed by atoms with E-state index < -0.39 is 0 Å². The Morgan fingerprint density at radius 3 is 2.94 bits per heavy atom. The Morgan fingerprint density at radius 2 is 2.18 bits per heavy atom. The van der Waals surface area contributed by atoms with E-state index in [-0.39, 0.29) is 5.82 Å². The van der Waals surface area contributed by atoms with Crippen molar-refractivity contribution in [2.45, 2.75) is 19.3 Å². The van der Waals surface area contributed by atoms with Crippen LogP contribution in [-0.2, 0) is 12.8 Å². The Bertz CT molecular complexity index is 612. The smallest absolute Gasteiger partial charge is 0.125 e. The number of fused-ring (bicyclic) bond motifs is 2. The summed E-state index contributed by atoms with van der Waals surface area (Å²) in [5.74, 6) is 5.33. The zero-order valence-electron chi connectivity index (χ0n) is 9.06. The minimum atomic E-state index is -0.252. The van der Waals surface area contributed by atoms with Crippen molar-refractivity contribution in [3.8, 4) is 0 Å². The average Bonchev–Trinajstić information content (AvgIpc) is 2.74. The average molecular weight is 343 g/mol. The lowest BCUT2D eigenvalue weighted by atomic mass is 10.1. The van der Waals surface area contributed by atoms with E-state index in [0.717, 1.165) is 50.7 Å². The molecule has 0 unspecified atom stereocenters. The quantitative estimate of drug-likeness (QED) is 0.476. The van der Waals surface area contributed by atoms with Gasteiger partial charge in [-0.15, -0.1) is 0 Å². The lowest BCUT2D eigenvalue weighted by molar-refractivity contribution is 0.628. The normalized spacial score (nSPS) is 14.1. The zero-order valence-corrected chi connectivity index (χ0v) is 11.2. The van der Waals surface area contributed by atoms with Gasteiger partial charge in [0.25, 0.3) is 0 Å². The number of aryl methyl sites for hydroxylation is 1. The van der Waals surface area contributed by atoms with Crippen molar-refractivity contribution in [1.82, 2.24) is 4.98 Å². The van der Waals surface area contributed by atoms with E-state index in [1.807, 2.05) is 0 Å². The molecule has 0 spiro atoms. The summed E-state index contributed by atoms with van der Waals surface area (Å²) in [4.78, 5) is 4.64. The maximum atomic E-state index is 13.5. The number of nitrogens with one attached hydrogen (secondary N) is 1. The molecule has 0 fully saturated rings. The van der Waals surface area contributed by atoms with Crippen LogP contribution in [-0.4, -0.2) is 4.98 Å². The van der Waals surface area contributed by atoms with Crippen molar-refractivity contribution < 1.29 is 4.39 Å². The number of pyridine rings is 1. The second-order valence-electron chi connectivity index (χ2n) is 4.19. The molecule has 0 aliphatic heterocycles. The van der Waals surface area contributed by atoms with Gasteiger partial charge < -0.3 is 5.43 Å². The van der Waals surface area contributed by atoms with E-state index in [4.69, 9.17) is 5.84 Å². The SMILES string of the molecule is NNc1c2c(nc3c(I)cc(F)cc13)CCC2. The van der Waals surface area contributed by atoms with Crippen molar-refractivity contribution in [3.63, 3.8) is 0 Å². The lowest BCUT2D eigenvalue weighted by Crippen LogP contribution is -2.11. The van der Waals surface area contributed by atoms with Crippen LogP contribution in [0.4, 0.5) is 10.1 Å². The number of hydrogen-bond donors (Lipinski definition) is 2. The number of rotatable bonds is 1. The maximum Gasteiger partial charge on any atom is 0.125 e. The molecule has 0 atom stereocenters. The van der Waals surface area contributed by atoms with Crippen molar-refractivity contribution in [2.24, 2.45) is 5.84 Å². The molecule has 1 aliphatic rings. The van der Waals surface area contributed by atoms with E-state index in [1.165, 1.54) is 12.1 Å². The Balaban J connectivity index is 2.45. The Morgan fingerprint density at radius 1 is 1.35 bits per heavy atom. The zero-order chi connectivity index (χ0) is 12.0. The molecule has 0 saturated carbocycles. The number of anilines is 1. The Kier molecular flexibility index (Phi) is 2.67. The Hall–Kier alpha value is -0.950. The fourth-order valence-corrected chi connectivity index (χ4v) is 3.16. The third-order valence-electron chi connectivity index (χ3n) is 3.18. The third kappa shape index (κ3) is 1.68. The molecule has 88 valence electrons. The molecule has 1 aromatic carbocycles. The molecule has 0 radical (unpaired) electrons. The molecule has 1 aromatic heterocycles. The van der Waals surface area contributed by atoms with Crippen LogP contribution in [0.5, 0.6) is 0 Å². The van der Waals surface area contributed by atoms with Crippen molar-refractivity contribution in [1.29, 1.82) is 0 Å². The summed E-state index contributed by atoms with van der Waals surface area (Å²) in [7, 11) is 0. The van der Waals surface area contributed by atoms with Crippen LogP contribution in [0.2, 0.25) is 0 Å². The number of halogens is 2. The Labute approximate surface area is 112 Å². The molecule has 0 bridgehead atoms. The highest BCUT2D eigenvalue weighted by molar-refractivity contribution is 14.1. The fraction of sp³-hybridized carbons (Fsp3) is 0.250. The van der Waals surface area contributed by atoms with E-state index in [9.17, 15) is 4.39 Å². The van der Waals surface area contributed by atoms with Gasteiger partial charge in [0.05, 0.1) is 11.2 Å². The van der Waals surface area contributed by atoms with Crippen LogP contribution < -0.4 is 11.3 Å². The first kappa shape index (κ1) is 11.2. The predicted molar refractivity (Wildman–Crippen MR) is 74.3 cm³/mol. The van der Waals surface area contributed by atoms with Crippen molar-refractivity contribution in [3.05, 3.63) is 32.8 Å². The molecule has 0 amide bonds. The summed E-state index contributed by atoms with van der Waals surface area (Å²) in [6, 6.07) is 3.00. The second kappa shape index (κ2) is 4.06. The predicted octanol–water partition coefficient (Wildman–Crippen LogP) is 2.75. The van der Waals surface area contributed by atoms with Crippen LogP contribution in [0, 0.1) is 9.39 Å². The summed E-state index contributed by atoms with van der Waals surface area (Å²) in [6.07, 6.45) is 3.03. The monoisotopic (exact) mass is 343 g/mol. The van der Waals surface area contributed by atoms with Crippen LogP contribution in [0.1, 0.15) is 17.7 Å². The lowest BCUT2D eigenvalue weighted by Gasteiger charge is -2.12. The molecular formula is C12H11FIN3. The molecule has 3 nitrogen and oxygen atoms in total. The number of nitrogens with zero attached hydrogens (tertiary/aromatic N) is 1. The van der Waals surface area contributed by atoms with Crippen molar-refractivity contribution in [2.75, 3.05) is 5.43 Å². The largest absolute Gasteiger partial charge is 0.323 e. The molecule has 5 heteroatoms. The van der Waals surface area contributed by atoms with E-state index in [0.29, 0.717) is 0 Å². The number of nitrogen functional groups attached to an aromatic ring is 1. The summed E-state index contributed by atoms with van der Waals surface area (Å²) in [5, 5.41) is 0.776. The molecule has 1 heterocycles. The first-order chi connectivity index (χ1) is 8.20. The molecule has 1 aliphatic carbocycles. The van der Waals surface area contributed by atoms with Gasteiger partial charge in [0, 0.05) is 14.7 Å². The summed E-state index contributed by atoms with van der Waals surface area (Å²) in [5.41, 5.74) is 6.61. The van der Waals surface area contributed by atoms with Gasteiger partial charge in [0.1, 0.15) is 5.82 Å². The first-order valence-electron chi connectivity index (χ1n) is 5.48. The highest BCUT2D eigenvalue weighted by atomic mass is 127.